The average molecular weight is 304 g/mol. The Bertz CT molecular complexity index is 492. The molecule has 0 amide bonds. The summed E-state index contributed by atoms with van der Waals surface area (Å²) in [6.07, 6.45) is 1.48. The van der Waals surface area contributed by atoms with Crippen molar-refractivity contribution in [2.45, 2.75) is 45.4 Å². The van der Waals surface area contributed by atoms with Crippen molar-refractivity contribution in [3.63, 3.8) is 0 Å². The lowest BCUT2D eigenvalue weighted by Gasteiger charge is -2.41. The number of hydrogen-bond donors (Lipinski definition) is 2. The Morgan fingerprint density at radius 1 is 1.27 bits per heavy atom. The largest absolute Gasteiger partial charge is 0.481 e. The van der Waals surface area contributed by atoms with Crippen LogP contribution in [0, 0.1) is 16.7 Å². The van der Waals surface area contributed by atoms with Crippen LogP contribution >= 0.6 is 0 Å². The average Bonchev–Trinajstić information content (AvgIpc) is 2.45. The Hall–Kier alpha value is -1.86. The smallest absolute Gasteiger partial charge is 0.303 e. The van der Waals surface area contributed by atoms with Gasteiger partial charge in [-0.1, -0.05) is 57.5 Å². The van der Waals surface area contributed by atoms with E-state index in [4.69, 9.17) is 5.11 Å². The lowest BCUT2D eigenvalue weighted by Crippen LogP contribution is -2.42. The van der Waals surface area contributed by atoms with E-state index < -0.39 is 16.8 Å². The molecule has 0 spiro atoms. The van der Waals surface area contributed by atoms with Gasteiger partial charge >= 0.3 is 5.97 Å². The van der Waals surface area contributed by atoms with Gasteiger partial charge in [0.2, 0.25) is 0 Å². The van der Waals surface area contributed by atoms with Crippen LogP contribution in [0.3, 0.4) is 0 Å². The van der Waals surface area contributed by atoms with Crippen LogP contribution in [0.4, 0.5) is 0 Å². The fourth-order valence-corrected chi connectivity index (χ4v) is 2.77. The van der Waals surface area contributed by atoms with Crippen molar-refractivity contribution in [1.29, 1.82) is 5.26 Å². The van der Waals surface area contributed by atoms with Gasteiger partial charge in [0, 0.05) is 0 Å². The molecular formula is C18H28N2O2. The highest BCUT2D eigenvalue weighted by Gasteiger charge is 2.47. The van der Waals surface area contributed by atoms with E-state index in [0.717, 1.165) is 12.0 Å². The van der Waals surface area contributed by atoms with Crippen LogP contribution in [0.5, 0.6) is 0 Å². The maximum Gasteiger partial charge on any atom is 0.303 e. The number of aliphatic carboxylic acids is 1. The number of carbonyl (C=O) groups is 1. The second-order valence-corrected chi connectivity index (χ2v) is 6.09. The summed E-state index contributed by atoms with van der Waals surface area (Å²) in [6.45, 7) is 5.76. The van der Waals surface area contributed by atoms with E-state index in [1.165, 1.54) is 0 Å². The zero-order chi connectivity index (χ0) is 17.2. The van der Waals surface area contributed by atoms with Gasteiger partial charge < -0.3 is 10.4 Å². The predicted molar refractivity (Wildman–Crippen MR) is 89.7 cm³/mol. The number of rotatable bonds is 6. The van der Waals surface area contributed by atoms with Gasteiger partial charge in [0.1, 0.15) is 0 Å². The van der Waals surface area contributed by atoms with E-state index in [-0.39, 0.29) is 6.42 Å². The van der Waals surface area contributed by atoms with E-state index in [1.807, 2.05) is 65.2 Å². The van der Waals surface area contributed by atoms with Crippen molar-refractivity contribution in [1.82, 2.24) is 5.32 Å². The summed E-state index contributed by atoms with van der Waals surface area (Å²) in [5.41, 5.74) is -0.475. The van der Waals surface area contributed by atoms with Crippen LogP contribution < -0.4 is 5.32 Å². The lowest BCUT2D eigenvalue weighted by atomic mass is 9.59. The third-order valence-corrected chi connectivity index (χ3v) is 3.83. The van der Waals surface area contributed by atoms with Crippen molar-refractivity contribution in [2.24, 2.45) is 5.41 Å². The van der Waals surface area contributed by atoms with Crippen LogP contribution in [-0.2, 0) is 10.2 Å². The van der Waals surface area contributed by atoms with Crippen LogP contribution in [0.15, 0.2) is 30.3 Å². The minimum atomic E-state index is -0.864. The molecule has 0 heterocycles. The number of carboxylic acids is 1. The van der Waals surface area contributed by atoms with Crippen molar-refractivity contribution in [3.05, 3.63) is 35.9 Å². The predicted octanol–water partition coefficient (Wildman–Crippen LogP) is 3.58. The number of nitriles is 1. The maximum absolute atomic E-state index is 11.1. The highest BCUT2D eigenvalue weighted by atomic mass is 16.4. The quantitative estimate of drug-likeness (QED) is 0.842. The van der Waals surface area contributed by atoms with Gasteiger partial charge in [-0.2, -0.15) is 5.26 Å². The molecule has 0 bridgehead atoms. The molecule has 1 unspecified atom stereocenters. The molecule has 1 rings (SSSR count). The molecule has 4 nitrogen and oxygen atoms in total. The van der Waals surface area contributed by atoms with E-state index in [0.29, 0.717) is 6.42 Å². The van der Waals surface area contributed by atoms with Gasteiger partial charge in [0.15, 0.2) is 0 Å². The third kappa shape index (κ3) is 4.85. The summed E-state index contributed by atoms with van der Waals surface area (Å²) in [6, 6.07) is 12.0. The first-order chi connectivity index (χ1) is 10.3. The number of carboxylic acid groups (broad SMARTS) is 1. The van der Waals surface area contributed by atoms with Crippen LogP contribution in [0.2, 0.25) is 0 Å². The highest BCUT2D eigenvalue weighted by Crippen LogP contribution is 2.47. The van der Waals surface area contributed by atoms with Crippen molar-refractivity contribution >= 4 is 5.97 Å². The fraction of sp³-hybridized carbons (Fsp3) is 0.556. The molecular weight excluding hydrogens is 276 g/mol. The lowest BCUT2D eigenvalue weighted by molar-refractivity contribution is -0.140. The van der Waals surface area contributed by atoms with Crippen LogP contribution in [0.25, 0.3) is 0 Å². The SMILES string of the molecule is CCCC(C#N)(c1ccccc1)C(C)(C)CC(=O)O.CNC. The summed E-state index contributed by atoms with van der Waals surface area (Å²) >= 11 is 0. The molecule has 1 aromatic rings. The Morgan fingerprint density at radius 3 is 2.14 bits per heavy atom. The standard InChI is InChI=1S/C16H21NO2.C2H7N/c1-4-10-16(12-17,13-8-6-5-7-9-13)15(2,3)11-14(18)19;1-3-2/h5-9H,4,10-11H2,1-3H3,(H,18,19);3H,1-2H3. The Balaban J connectivity index is 0.00000135. The molecule has 0 saturated heterocycles. The maximum atomic E-state index is 11.1. The van der Waals surface area contributed by atoms with Gasteiger partial charge in [-0.15, -0.1) is 0 Å². The minimum absolute atomic E-state index is 0.0184. The van der Waals surface area contributed by atoms with E-state index in [2.05, 4.69) is 11.4 Å². The molecule has 4 heteroatoms. The van der Waals surface area contributed by atoms with Gasteiger partial charge in [-0.3, -0.25) is 4.79 Å². The van der Waals surface area contributed by atoms with Crippen LogP contribution in [0.1, 0.15) is 45.6 Å². The molecule has 2 N–H and O–H groups in total. The number of hydrogen-bond acceptors (Lipinski definition) is 3. The molecule has 22 heavy (non-hydrogen) atoms. The third-order valence-electron chi connectivity index (χ3n) is 3.83. The first kappa shape index (κ1) is 20.1. The van der Waals surface area contributed by atoms with E-state index in [9.17, 15) is 10.1 Å². The molecule has 0 aliphatic heterocycles. The first-order valence-corrected chi connectivity index (χ1v) is 7.58. The van der Waals surface area contributed by atoms with E-state index >= 15 is 0 Å². The Labute approximate surface area is 134 Å². The van der Waals surface area contributed by atoms with Crippen LogP contribution in [-0.4, -0.2) is 25.2 Å². The summed E-state index contributed by atoms with van der Waals surface area (Å²) < 4.78 is 0. The van der Waals surface area contributed by atoms with Gasteiger partial charge in [0.25, 0.3) is 0 Å². The summed E-state index contributed by atoms with van der Waals surface area (Å²) in [7, 11) is 3.75. The molecule has 0 radical (unpaired) electrons. The molecule has 0 aliphatic rings. The topological polar surface area (TPSA) is 73.1 Å². The molecule has 0 fully saturated rings. The second kappa shape index (κ2) is 9.22. The summed E-state index contributed by atoms with van der Waals surface area (Å²) in [5, 5.41) is 21.6. The van der Waals surface area contributed by atoms with Crippen molar-refractivity contribution in [3.8, 4) is 6.07 Å². The monoisotopic (exact) mass is 304 g/mol. The molecule has 1 aromatic carbocycles. The summed E-state index contributed by atoms with van der Waals surface area (Å²) in [5.74, 6) is -0.864. The Kier molecular flexibility index (Phi) is 8.44. The second-order valence-electron chi connectivity index (χ2n) is 6.09. The normalized spacial score (nSPS) is 13.3. The molecule has 122 valence electrons. The van der Waals surface area contributed by atoms with Crippen molar-refractivity contribution in [2.75, 3.05) is 14.1 Å². The van der Waals surface area contributed by atoms with Gasteiger partial charge in [0.05, 0.1) is 17.9 Å². The molecule has 0 saturated carbocycles. The van der Waals surface area contributed by atoms with Gasteiger partial charge in [-0.05, 0) is 31.5 Å². The van der Waals surface area contributed by atoms with Gasteiger partial charge in [-0.25, -0.2) is 0 Å². The van der Waals surface area contributed by atoms with E-state index in [1.54, 1.807) is 0 Å². The molecule has 0 aromatic heterocycles. The fourth-order valence-electron chi connectivity index (χ4n) is 2.77. The first-order valence-electron chi connectivity index (χ1n) is 7.58. The molecule has 1 atom stereocenters. The molecule has 0 aliphatic carbocycles. The highest BCUT2D eigenvalue weighted by molar-refractivity contribution is 5.68. The zero-order valence-corrected chi connectivity index (χ0v) is 14.3. The zero-order valence-electron chi connectivity index (χ0n) is 14.3. The van der Waals surface area contributed by atoms with Crippen molar-refractivity contribution < 1.29 is 9.90 Å². The number of nitrogens with one attached hydrogen (secondary N) is 1. The Morgan fingerprint density at radius 2 is 1.77 bits per heavy atom. The minimum Gasteiger partial charge on any atom is -0.481 e. The number of benzene rings is 1. The summed E-state index contributed by atoms with van der Waals surface area (Å²) in [4.78, 5) is 11.1. The number of nitrogens with zero attached hydrogens (tertiary/aromatic N) is 1.